The van der Waals surface area contributed by atoms with E-state index in [2.05, 4.69) is 10.5 Å². The number of ether oxygens (including phenoxy) is 2. The average molecular weight is 329 g/mol. The van der Waals surface area contributed by atoms with Gasteiger partial charge in [0.1, 0.15) is 0 Å². The van der Waals surface area contributed by atoms with Crippen molar-refractivity contribution in [2.24, 2.45) is 5.10 Å². The molecule has 0 aromatic heterocycles. The molecule has 0 bridgehead atoms. The highest BCUT2D eigenvalue weighted by Crippen LogP contribution is 2.26. The van der Waals surface area contributed by atoms with E-state index in [9.17, 15) is 14.9 Å². The number of nitro groups is 1. The molecule has 0 unspecified atom stereocenters. The third-order valence-electron chi connectivity index (χ3n) is 3.13. The molecule has 2 aromatic carbocycles. The fourth-order valence-corrected chi connectivity index (χ4v) is 1.90. The maximum atomic E-state index is 11.9. The summed E-state index contributed by atoms with van der Waals surface area (Å²) >= 11 is 0. The number of hydrogen-bond donors (Lipinski definition) is 1. The molecular weight excluding hydrogens is 314 g/mol. The van der Waals surface area contributed by atoms with Gasteiger partial charge in [-0.2, -0.15) is 5.10 Å². The third kappa shape index (κ3) is 4.07. The van der Waals surface area contributed by atoms with E-state index in [0.717, 1.165) is 0 Å². The van der Waals surface area contributed by atoms with Gasteiger partial charge in [-0.1, -0.05) is 0 Å². The second-order valence-electron chi connectivity index (χ2n) is 4.62. The SMILES string of the molecule is COc1ccc(C=NNC(=O)c2ccc([N+](=O)[O-])cc2)cc1OC. The van der Waals surface area contributed by atoms with Gasteiger partial charge < -0.3 is 9.47 Å². The molecule has 0 atom stereocenters. The molecule has 0 spiro atoms. The number of carbonyl (C=O) groups is 1. The molecule has 0 aliphatic rings. The zero-order valence-electron chi connectivity index (χ0n) is 13.1. The lowest BCUT2D eigenvalue weighted by Crippen LogP contribution is -2.17. The van der Waals surface area contributed by atoms with E-state index in [-0.39, 0.29) is 11.3 Å². The summed E-state index contributed by atoms with van der Waals surface area (Å²) in [5, 5.41) is 14.4. The second-order valence-corrected chi connectivity index (χ2v) is 4.62. The molecule has 8 heteroatoms. The van der Waals surface area contributed by atoms with Crippen LogP contribution >= 0.6 is 0 Å². The van der Waals surface area contributed by atoms with Crippen molar-refractivity contribution in [2.75, 3.05) is 14.2 Å². The minimum Gasteiger partial charge on any atom is -0.493 e. The number of benzene rings is 2. The molecule has 2 aromatic rings. The molecular formula is C16H15N3O5. The lowest BCUT2D eigenvalue weighted by molar-refractivity contribution is -0.384. The zero-order chi connectivity index (χ0) is 17.5. The lowest BCUT2D eigenvalue weighted by Gasteiger charge is -2.07. The second kappa shape index (κ2) is 7.73. The van der Waals surface area contributed by atoms with Gasteiger partial charge in [-0.05, 0) is 35.9 Å². The number of nitro benzene ring substituents is 1. The van der Waals surface area contributed by atoms with Gasteiger partial charge in [0.2, 0.25) is 0 Å². The maximum Gasteiger partial charge on any atom is 0.271 e. The van der Waals surface area contributed by atoms with Crippen LogP contribution in [-0.2, 0) is 0 Å². The van der Waals surface area contributed by atoms with Crippen LogP contribution in [0, 0.1) is 10.1 Å². The van der Waals surface area contributed by atoms with Gasteiger partial charge in [-0.25, -0.2) is 5.43 Å². The molecule has 8 nitrogen and oxygen atoms in total. The van der Waals surface area contributed by atoms with Crippen molar-refractivity contribution < 1.29 is 19.2 Å². The van der Waals surface area contributed by atoms with Crippen LogP contribution in [0.1, 0.15) is 15.9 Å². The Kier molecular flexibility index (Phi) is 5.45. The summed E-state index contributed by atoms with van der Waals surface area (Å²) in [6.45, 7) is 0. The quantitative estimate of drug-likeness (QED) is 0.498. The van der Waals surface area contributed by atoms with E-state index in [1.54, 1.807) is 18.2 Å². The van der Waals surface area contributed by atoms with E-state index in [0.29, 0.717) is 17.1 Å². The molecule has 0 saturated carbocycles. The number of nitrogens with one attached hydrogen (secondary N) is 1. The van der Waals surface area contributed by atoms with Gasteiger partial charge in [0, 0.05) is 17.7 Å². The predicted molar refractivity (Wildman–Crippen MR) is 87.7 cm³/mol. The molecule has 1 N–H and O–H groups in total. The lowest BCUT2D eigenvalue weighted by atomic mass is 10.2. The number of nitrogens with zero attached hydrogens (tertiary/aromatic N) is 2. The highest BCUT2D eigenvalue weighted by molar-refractivity contribution is 5.95. The summed E-state index contributed by atoms with van der Waals surface area (Å²) in [7, 11) is 3.06. The van der Waals surface area contributed by atoms with Gasteiger partial charge in [0.25, 0.3) is 11.6 Å². The Morgan fingerprint density at radius 1 is 1.12 bits per heavy atom. The minimum absolute atomic E-state index is 0.0830. The van der Waals surface area contributed by atoms with Crippen LogP contribution in [-0.4, -0.2) is 31.3 Å². The first-order valence-electron chi connectivity index (χ1n) is 6.85. The summed E-state index contributed by atoms with van der Waals surface area (Å²) < 4.78 is 10.3. The van der Waals surface area contributed by atoms with Crippen molar-refractivity contribution >= 4 is 17.8 Å². The molecule has 0 saturated heterocycles. The number of hydrogen-bond acceptors (Lipinski definition) is 6. The molecule has 2 rings (SSSR count). The highest BCUT2D eigenvalue weighted by atomic mass is 16.6. The first kappa shape index (κ1) is 16.9. The first-order chi connectivity index (χ1) is 11.5. The van der Waals surface area contributed by atoms with Crippen LogP contribution in [0.15, 0.2) is 47.6 Å². The zero-order valence-corrected chi connectivity index (χ0v) is 13.1. The molecule has 24 heavy (non-hydrogen) atoms. The van der Waals surface area contributed by atoms with E-state index >= 15 is 0 Å². The van der Waals surface area contributed by atoms with E-state index < -0.39 is 10.8 Å². The van der Waals surface area contributed by atoms with E-state index in [4.69, 9.17) is 9.47 Å². The number of non-ortho nitro benzene ring substituents is 1. The monoisotopic (exact) mass is 329 g/mol. The average Bonchev–Trinajstić information content (AvgIpc) is 2.61. The fraction of sp³-hybridized carbons (Fsp3) is 0.125. The Labute approximate surface area is 137 Å². The van der Waals surface area contributed by atoms with Crippen molar-refractivity contribution in [2.45, 2.75) is 0 Å². The molecule has 0 aliphatic heterocycles. The topological polar surface area (TPSA) is 103 Å². The smallest absolute Gasteiger partial charge is 0.271 e. The van der Waals surface area contributed by atoms with Crippen LogP contribution < -0.4 is 14.9 Å². The number of amides is 1. The van der Waals surface area contributed by atoms with Gasteiger partial charge in [-0.3, -0.25) is 14.9 Å². The fourth-order valence-electron chi connectivity index (χ4n) is 1.90. The van der Waals surface area contributed by atoms with Crippen molar-refractivity contribution in [1.82, 2.24) is 5.43 Å². The Morgan fingerprint density at radius 2 is 1.79 bits per heavy atom. The highest BCUT2D eigenvalue weighted by Gasteiger charge is 2.08. The van der Waals surface area contributed by atoms with Gasteiger partial charge >= 0.3 is 0 Å². The van der Waals surface area contributed by atoms with Gasteiger partial charge in [-0.15, -0.1) is 0 Å². The Bertz CT molecular complexity index is 772. The van der Waals surface area contributed by atoms with E-state index in [1.165, 1.54) is 44.7 Å². The minimum atomic E-state index is -0.531. The van der Waals surface area contributed by atoms with Gasteiger partial charge in [0.05, 0.1) is 25.4 Å². The van der Waals surface area contributed by atoms with Crippen LogP contribution in [0.4, 0.5) is 5.69 Å². The van der Waals surface area contributed by atoms with Crippen molar-refractivity contribution in [3.8, 4) is 11.5 Å². The summed E-state index contributed by atoms with van der Waals surface area (Å²) in [6, 6.07) is 10.4. The number of carbonyl (C=O) groups excluding carboxylic acids is 1. The van der Waals surface area contributed by atoms with Crippen LogP contribution in [0.2, 0.25) is 0 Å². The summed E-state index contributed by atoms with van der Waals surface area (Å²) in [5.74, 6) is 0.661. The van der Waals surface area contributed by atoms with Crippen molar-refractivity contribution in [1.29, 1.82) is 0 Å². The molecule has 0 radical (unpaired) electrons. The summed E-state index contributed by atoms with van der Waals surface area (Å²) in [6.07, 6.45) is 1.45. The largest absolute Gasteiger partial charge is 0.493 e. The van der Waals surface area contributed by atoms with Crippen LogP contribution in [0.3, 0.4) is 0 Å². The Morgan fingerprint density at radius 3 is 2.38 bits per heavy atom. The van der Waals surface area contributed by atoms with Crippen molar-refractivity contribution in [3.63, 3.8) is 0 Å². The molecule has 1 amide bonds. The standard InChI is InChI=1S/C16H15N3O5/c1-23-14-8-3-11(9-15(14)24-2)10-17-18-16(20)12-4-6-13(7-5-12)19(21)22/h3-10H,1-2H3,(H,18,20). The summed E-state index contributed by atoms with van der Waals surface area (Å²) in [5.41, 5.74) is 3.24. The Hall–Kier alpha value is -3.42. The molecule has 124 valence electrons. The third-order valence-corrected chi connectivity index (χ3v) is 3.13. The Balaban J connectivity index is 2.03. The number of hydrazone groups is 1. The van der Waals surface area contributed by atoms with E-state index in [1.807, 2.05) is 0 Å². The number of rotatable bonds is 6. The predicted octanol–water partition coefficient (Wildman–Crippen LogP) is 2.38. The maximum absolute atomic E-state index is 11.9. The van der Waals surface area contributed by atoms with Crippen molar-refractivity contribution in [3.05, 3.63) is 63.7 Å². The molecule has 0 heterocycles. The van der Waals surface area contributed by atoms with Crippen LogP contribution in [0.5, 0.6) is 11.5 Å². The molecule has 0 fully saturated rings. The molecule has 0 aliphatic carbocycles. The first-order valence-corrected chi connectivity index (χ1v) is 6.85. The summed E-state index contributed by atoms with van der Waals surface area (Å²) in [4.78, 5) is 21.9. The van der Waals surface area contributed by atoms with Gasteiger partial charge in [0.15, 0.2) is 11.5 Å². The van der Waals surface area contributed by atoms with Crippen LogP contribution in [0.25, 0.3) is 0 Å². The normalized spacial score (nSPS) is 10.4. The number of methoxy groups -OCH3 is 2.